The van der Waals surface area contributed by atoms with Gasteiger partial charge in [0.25, 0.3) is 0 Å². The first-order chi connectivity index (χ1) is 6.88. The van der Waals surface area contributed by atoms with E-state index >= 15 is 0 Å². The van der Waals surface area contributed by atoms with Crippen molar-refractivity contribution in [3.05, 3.63) is 0 Å². The third-order valence-electron chi connectivity index (χ3n) is 4.89. The highest BCUT2D eigenvalue weighted by molar-refractivity contribution is 4.94. The van der Waals surface area contributed by atoms with Crippen molar-refractivity contribution >= 4 is 0 Å². The highest BCUT2D eigenvalue weighted by Gasteiger charge is 2.44. The van der Waals surface area contributed by atoms with Crippen molar-refractivity contribution in [2.24, 2.45) is 23.2 Å². The van der Waals surface area contributed by atoms with Crippen molar-refractivity contribution < 1.29 is 5.11 Å². The van der Waals surface area contributed by atoms with Gasteiger partial charge in [-0.05, 0) is 55.8 Å². The van der Waals surface area contributed by atoms with E-state index in [0.29, 0.717) is 5.41 Å². The van der Waals surface area contributed by atoms with E-state index in [9.17, 15) is 5.11 Å². The molecule has 1 rings (SSSR count). The first kappa shape index (κ1) is 13.0. The Labute approximate surface area is 95.3 Å². The van der Waals surface area contributed by atoms with E-state index in [1.165, 1.54) is 19.3 Å². The highest BCUT2D eigenvalue weighted by Crippen LogP contribution is 2.53. The lowest BCUT2D eigenvalue weighted by Gasteiger charge is -2.37. The molecule has 0 unspecified atom stereocenters. The number of rotatable bonds is 4. The predicted octanol–water partition coefficient (Wildman–Crippen LogP) is 3.86. The molecule has 0 bridgehead atoms. The van der Waals surface area contributed by atoms with Crippen LogP contribution in [-0.2, 0) is 0 Å². The molecule has 0 aromatic carbocycles. The fourth-order valence-electron chi connectivity index (χ4n) is 3.33. The molecule has 4 atom stereocenters. The van der Waals surface area contributed by atoms with E-state index in [2.05, 4.69) is 27.7 Å². The molecular weight excluding hydrogens is 184 g/mol. The van der Waals surface area contributed by atoms with Crippen LogP contribution in [0.25, 0.3) is 0 Å². The second-order valence-electron chi connectivity index (χ2n) is 6.21. The Morgan fingerprint density at radius 2 is 1.93 bits per heavy atom. The van der Waals surface area contributed by atoms with Gasteiger partial charge in [0.2, 0.25) is 0 Å². The van der Waals surface area contributed by atoms with Crippen LogP contribution in [0.4, 0.5) is 0 Å². The van der Waals surface area contributed by atoms with Crippen molar-refractivity contribution in [3.63, 3.8) is 0 Å². The zero-order valence-corrected chi connectivity index (χ0v) is 11.1. The number of aliphatic hydroxyl groups is 1. The lowest BCUT2D eigenvalue weighted by atomic mass is 9.68. The summed E-state index contributed by atoms with van der Waals surface area (Å²) in [4.78, 5) is 0. The van der Waals surface area contributed by atoms with Crippen LogP contribution in [-0.4, -0.2) is 11.2 Å². The SMILES string of the molecule is CC(C)[C@@]1(C)CC[C@H](C)[C@H]1CC[C@@H](C)O. The topological polar surface area (TPSA) is 20.2 Å². The van der Waals surface area contributed by atoms with Gasteiger partial charge in [-0.3, -0.25) is 0 Å². The summed E-state index contributed by atoms with van der Waals surface area (Å²) in [5, 5.41) is 9.41. The molecule has 1 aliphatic carbocycles. The van der Waals surface area contributed by atoms with Crippen molar-refractivity contribution in [1.29, 1.82) is 0 Å². The Kier molecular flexibility index (Phi) is 4.22. The quantitative estimate of drug-likeness (QED) is 0.750. The second kappa shape index (κ2) is 4.86. The molecule has 90 valence electrons. The maximum Gasteiger partial charge on any atom is 0.0512 e. The Morgan fingerprint density at radius 1 is 1.33 bits per heavy atom. The fraction of sp³-hybridized carbons (Fsp3) is 1.00. The van der Waals surface area contributed by atoms with Gasteiger partial charge in [0.1, 0.15) is 0 Å². The number of hydrogen-bond donors (Lipinski definition) is 1. The van der Waals surface area contributed by atoms with Gasteiger partial charge in [-0.2, -0.15) is 0 Å². The van der Waals surface area contributed by atoms with E-state index < -0.39 is 0 Å². The monoisotopic (exact) mass is 212 g/mol. The molecule has 0 amide bonds. The first-order valence-corrected chi connectivity index (χ1v) is 6.56. The molecule has 0 saturated heterocycles. The van der Waals surface area contributed by atoms with Crippen molar-refractivity contribution in [1.82, 2.24) is 0 Å². The zero-order chi connectivity index (χ0) is 11.6. The largest absolute Gasteiger partial charge is 0.393 e. The van der Waals surface area contributed by atoms with Gasteiger partial charge in [-0.1, -0.05) is 27.7 Å². The van der Waals surface area contributed by atoms with E-state index in [0.717, 1.165) is 24.2 Å². The number of aliphatic hydroxyl groups excluding tert-OH is 1. The van der Waals surface area contributed by atoms with Crippen LogP contribution in [0.15, 0.2) is 0 Å². The van der Waals surface area contributed by atoms with Crippen molar-refractivity contribution in [2.75, 3.05) is 0 Å². The van der Waals surface area contributed by atoms with E-state index in [-0.39, 0.29) is 6.10 Å². The molecule has 0 radical (unpaired) electrons. The van der Waals surface area contributed by atoms with Crippen LogP contribution in [0.2, 0.25) is 0 Å². The van der Waals surface area contributed by atoms with Gasteiger partial charge in [0, 0.05) is 0 Å². The molecule has 1 aliphatic rings. The smallest absolute Gasteiger partial charge is 0.0512 e. The van der Waals surface area contributed by atoms with E-state index in [4.69, 9.17) is 0 Å². The lowest BCUT2D eigenvalue weighted by molar-refractivity contribution is 0.0973. The fourth-order valence-corrected chi connectivity index (χ4v) is 3.33. The molecule has 0 aromatic heterocycles. The van der Waals surface area contributed by atoms with Gasteiger partial charge in [0.05, 0.1) is 6.10 Å². The minimum absolute atomic E-state index is 0.130. The van der Waals surface area contributed by atoms with Gasteiger partial charge in [-0.15, -0.1) is 0 Å². The second-order valence-corrected chi connectivity index (χ2v) is 6.21. The molecule has 0 heterocycles. The molecule has 1 heteroatoms. The maximum absolute atomic E-state index is 9.41. The van der Waals surface area contributed by atoms with Crippen LogP contribution in [0.5, 0.6) is 0 Å². The molecule has 1 nitrogen and oxygen atoms in total. The molecule has 1 N–H and O–H groups in total. The van der Waals surface area contributed by atoms with Crippen LogP contribution in [0.1, 0.15) is 60.3 Å². The minimum Gasteiger partial charge on any atom is -0.393 e. The summed E-state index contributed by atoms with van der Waals surface area (Å²) in [6, 6.07) is 0. The average molecular weight is 212 g/mol. The minimum atomic E-state index is -0.130. The molecule has 1 fully saturated rings. The van der Waals surface area contributed by atoms with Crippen molar-refractivity contribution in [2.45, 2.75) is 66.4 Å². The third kappa shape index (κ3) is 2.75. The molecular formula is C14H28O. The highest BCUT2D eigenvalue weighted by atomic mass is 16.3. The van der Waals surface area contributed by atoms with Gasteiger partial charge < -0.3 is 5.11 Å². The first-order valence-electron chi connectivity index (χ1n) is 6.56. The molecule has 0 spiro atoms. The van der Waals surface area contributed by atoms with Crippen LogP contribution in [0, 0.1) is 23.2 Å². The summed E-state index contributed by atoms with van der Waals surface area (Å²) in [5.74, 6) is 2.42. The average Bonchev–Trinajstić information content (AvgIpc) is 2.41. The predicted molar refractivity (Wildman–Crippen MR) is 65.7 cm³/mol. The molecule has 0 aliphatic heterocycles. The summed E-state index contributed by atoms with van der Waals surface area (Å²) >= 11 is 0. The summed E-state index contributed by atoms with van der Waals surface area (Å²) in [7, 11) is 0. The molecule has 1 saturated carbocycles. The third-order valence-corrected chi connectivity index (χ3v) is 4.89. The standard InChI is InChI=1S/C14H28O/c1-10(2)14(5)9-8-11(3)13(14)7-6-12(4)15/h10-13,15H,6-9H2,1-5H3/t11-,12+,13+,14+/m0/s1. The lowest BCUT2D eigenvalue weighted by Crippen LogP contribution is -2.30. The van der Waals surface area contributed by atoms with Gasteiger partial charge >= 0.3 is 0 Å². The maximum atomic E-state index is 9.41. The van der Waals surface area contributed by atoms with Crippen LogP contribution < -0.4 is 0 Å². The Hall–Kier alpha value is -0.0400. The van der Waals surface area contributed by atoms with Gasteiger partial charge in [0.15, 0.2) is 0 Å². The summed E-state index contributed by atoms with van der Waals surface area (Å²) in [5.41, 5.74) is 0.508. The Bertz CT molecular complexity index is 198. The van der Waals surface area contributed by atoms with E-state index in [1.54, 1.807) is 0 Å². The summed E-state index contributed by atoms with van der Waals surface area (Å²) in [6.07, 6.45) is 4.79. The summed E-state index contributed by atoms with van der Waals surface area (Å²) in [6.45, 7) is 11.5. The summed E-state index contributed by atoms with van der Waals surface area (Å²) < 4.78 is 0. The zero-order valence-electron chi connectivity index (χ0n) is 11.1. The van der Waals surface area contributed by atoms with Gasteiger partial charge in [-0.25, -0.2) is 0 Å². The normalized spacial score (nSPS) is 38.6. The molecule has 15 heavy (non-hydrogen) atoms. The van der Waals surface area contributed by atoms with Crippen LogP contribution in [0.3, 0.4) is 0 Å². The molecule has 0 aromatic rings. The van der Waals surface area contributed by atoms with Crippen LogP contribution >= 0.6 is 0 Å². The Morgan fingerprint density at radius 3 is 2.40 bits per heavy atom. The van der Waals surface area contributed by atoms with Crippen molar-refractivity contribution in [3.8, 4) is 0 Å². The Balaban J connectivity index is 2.64. The van der Waals surface area contributed by atoms with E-state index in [1.807, 2.05) is 6.92 Å². The number of hydrogen-bond acceptors (Lipinski definition) is 1.